The molecule has 0 fully saturated rings. The van der Waals surface area contributed by atoms with Crippen molar-refractivity contribution in [1.82, 2.24) is 0 Å². The summed E-state index contributed by atoms with van der Waals surface area (Å²) in [5.41, 5.74) is 0. The first-order valence-electron chi connectivity index (χ1n) is 6.62. The minimum atomic E-state index is -3.37. The third kappa shape index (κ3) is 32.9. The summed E-state index contributed by atoms with van der Waals surface area (Å²) >= 11 is 0. The molecule has 0 aromatic carbocycles. The Balaban J connectivity index is -0.000000165. The van der Waals surface area contributed by atoms with Crippen LogP contribution in [0.4, 0.5) is 0 Å². The fourth-order valence-electron chi connectivity index (χ4n) is 1.48. The SMILES string of the molecule is CCCCP(CCCC)CCCC.O.O=[P+]([O-])[O-].[Ca+2]. The molecule has 0 aliphatic heterocycles. The predicted molar refractivity (Wildman–Crippen MR) is 83.2 cm³/mol. The molecule has 0 heterocycles. The second-order valence-electron chi connectivity index (χ2n) is 4.13. The van der Waals surface area contributed by atoms with Gasteiger partial charge in [-0.25, -0.2) is 0 Å². The first-order chi connectivity index (χ1) is 8.08. The van der Waals surface area contributed by atoms with E-state index in [1.54, 1.807) is 18.5 Å². The molecule has 19 heavy (non-hydrogen) atoms. The van der Waals surface area contributed by atoms with Crippen molar-refractivity contribution in [1.29, 1.82) is 0 Å². The Morgan fingerprint density at radius 1 is 0.842 bits per heavy atom. The Labute approximate surface area is 150 Å². The van der Waals surface area contributed by atoms with Crippen LogP contribution in [0.3, 0.4) is 0 Å². The Bertz CT molecular complexity index is 151. The molecule has 0 amide bonds. The van der Waals surface area contributed by atoms with Crippen LogP contribution in [0.5, 0.6) is 0 Å². The molecular weight excluding hydrogens is 310 g/mol. The van der Waals surface area contributed by atoms with Gasteiger partial charge in [-0.3, -0.25) is 0 Å². The molecule has 112 valence electrons. The van der Waals surface area contributed by atoms with Gasteiger partial charge in [0.25, 0.3) is 8.25 Å². The van der Waals surface area contributed by atoms with E-state index in [4.69, 9.17) is 14.4 Å². The van der Waals surface area contributed by atoms with Crippen molar-refractivity contribution < 1.29 is 19.8 Å². The van der Waals surface area contributed by atoms with Crippen molar-refractivity contribution in [3.05, 3.63) is 0 Å². The maximum atomic E-state index is 8.48. The van der Waals surface area contributed by atoms with Crippen LogP contribution in [0.25, 0.3) is 0 Å². The molecule has 0 unspecified atom stereocenters. The fraction of sp³-hybridized carbons (Fsp3) is 1.00. The average Bonchev–Trinajstić information content (AvgIpc) is 2.27. The number of rotatable bonds is 9. The third-order valence-corrected chi connectivity index (χ3v) is 5.33. The molecular formula is C12H29CaO4P2+. The van der Waals surface area contributed by atoms with Gasteiger partial charge in [-0.15, -0.1) is 7.92 Å². The summed E-state index contributed by atoms with van der Waals surface area (Å²) in [6.07, 6.45) is 13.2. The summed E-state index contributed by atoms with van der Waals surface area (Å²) in [5.74, 6) is 0. The summed E-state index contributed by atoms with van der Waals surface area (Å²) < 4.78 is 8.48. The van der Waals surface area contributed by atoms with Gasteiger partial charge in [-0.1, -0.05) is 44.6 Å². The first kappa shape index (κ1) is 28.8. The van der Waals surface area contributed by atoms with E-state index >= 15 is 0 Å². The van der Waals surface area contributed by atoms with E-state index in [-0.39, 0.29) is 43.2 Å². The molecule has 2 N–H and O–H groups in total. The summed E-state index contributed by atoms with van der Waals surface area (Å²) in [4.78, 5) is 17.0. The smallest absolute Gasteiger partial charge is 0.598 e. The minimum Gasteiger partial charge on any atom is -0.598 e. The molecule has 0 spiro atoms. The van der Waals surface area contributed by atoms with Crippen LogP contribution in [-0.4, -0.2) is 61.7 Å². The second kappa shape index (κ2) is 24.7. The normalized spacial score (nSPS) is 8.95. The zero-order valence-electron chi connectivity index (χ0n) is 12.7. The minimum absolute atomic E-state index is 0. The van der Waals surface area contributed by atoms with Crippen LogP contribution < -0.4 is 9.79 Å². The average molecular weight is 339 g/mol. The van der Waals surface area contributed by atoms with Crippen LogP contribution in [0.2, 0.25) is 0 Å². The van der Waals surface area contributed by atoms with Gasteiger partial charge in [0.15, 0.2) is 0 Å². The summed E-state index contributed by atoms with van der Waals surface area (Å²) in [7, 11) is -2.95. The maximum Gasteiger partial charge on any atom is 2.00 e. The predicted octanol–water partition coefficient (Wildman–Crippen LogP) is 2.03. The zero-order valence-corrected chi connectivity index (χ0v) is 16.7. The first-order valence-corrected chi connectivity index (χ1v) is 9.61. The van der Waals surface area contributed by atoms with Gasteiger partial charge in [0, 0.05) is 0 Å². The van der Waals surface area contributed by atoms with Gasteiger partial charge < -0.3 is 15.3 Å². The number of unbranched alkanes of at least 4 members (excludes halogenated alkanes) is 3. The van der Waals surface area contributed by atoms with Crippen LogP contribution in [0.15, 0.2) is 0 Å². The fourth-order valence-corrected chi connectivity index (χ4v) is 4.44. The molecule has 0 rings (SSSR count). The molecule has 0 atom stereocenters. The van der Waals surface area contributed by atoms with Crippen LogP contribution >= 0.6 is 16.2 Å². The second-order valence-corrected chi connectivity index (χ2v) is 7.26. The van der Waals surface area contributed by atoms with Crippen LogP contribution in [-0.2, 0) is 4.57 Å². The Kier molecular flexibility index (Phi) is 37.4. The van der Waals surface area contributed by atoms with Gasteiger partial charge in [0.1, 0.15) is 0 Å². The molecule has 0 radical (unpaired) electrons. The molecule has 0 aliphatic rings. The number of hydrogen-bond acceptors (Lipinski definition) is 3. The van der Waals surface area contributed by atoms with E-state index in [0.717, 1.165) is 0 Å². The zero-order chi connectivity index (χ0) is 13.5. The molecule has 4 nitrogen and oxygen atoms in total. The van der Waals surface area contributed by atoms with Crippen molar-refractivity contribution >= 4 is 53.9 Å². The van der Waals surface area contributed by atoms with Crippen molar-refractivity contribution in [2.24, 2.45) is 0 Å². The van der Waals surface area contributed by atoms with Gasteiger partial charge in [-0.2, -0.15) is 0 Å². The number of hydrogen-bond donors (Lipinski definition) is 0. The topological polar surface area (TPSA) is 94.7 Å². The summed E-state index contributed by atoms with van der Waals surface area (Å²) in [6, 6.07) is 0. The van der Waals surface area contributed by atoms with Crippen LogP contribution in [0.1, 0.15) is 59.3 Å². The van der Waals surface area contributed by atoms with E-state index < -0.39 is 8.25 Å². The molecule has 0 aliphatic carbocycles. The van der Waals surface area contributed by atoms with Crippen molar-refractivity contribution in [3.8, 4) is 0 Å². The van der Waals surface area contributed by atoms with Gasteiger partial charge in [0.05, 0.1) is 0 Å². The standard InChI is InChI=1S/C12H27P.Ca.HO3P.H2O/c1-4-7-10-13(11-8-5-2)12-9-6-3;;1-4(2)3;/h4-12H2,1-3H3;;(H,1,2,3);1H2/q;+2;;/p-1. The van der Waals surface area contributed by atoms with E-state index in [1.807, 2.05) is 0 Å². The maximum absolute atomic E-state index is 8.48. The Morgan fingerprint density at radius 3 is 1.21 bits per heavy atom. The third-order valence-electron chi connectivity index (χ3n) is 2.48. The van der Waals surface area contributed by atoms with E-state index in [2.05, 4.69) is 20.8 Å². The Hall–Kier alpha value is 1.67. The van der Waals surface area contributed by atoms with E-state index in [9.17, 15) is 0 Å². The van der Waals surface area contributed by atoms with Crippen molar-refractivity contribution in [2.75, 3.05) is 18.5 Å². The Morgan fingerprint density at radius 2 is 1.05 bits per heavy atom. The van der Waals surface area contributed by atoms with Gasteiger partial charge in [0.2, 0.25) is 0 Å². The molecule has 7 heteroatoms. The molecule has 0 saturated heterocycles. The monoisotopic (exact) mass is 339 g/mol. The molecule has 0 bridgehead atoms. The quantitative estimate of drug-likeness (QED) is 0.475. The molecule has 0 saturated carbocycles. The van der Waals surface area contributed by atoms with Gasteiger partial charge >= 0.3 is 37.7 Å². The largest absolute Gasteiger partial charge is 2.00 e. The van der Waals surface area contributed by atoms with Crippen LogP contribution in [0, 0.1) is 0 Å². The van der Waals surface area contributed by atoms with E-state index in [0.29, 0.717) is 7.92 Å². The van der Waals surface area contributed by atoms with Crippen molar-refractivity contribution in [3.63, 3.8) is 0 Å². The summed E-state index contributed by atoms with van der Waals surface area (Å²) in [6.45, 7) is 6.94. The molecule has 0 aromatic rings. The van der Waals surface area contributed by atoms with Crippen molar-refractivity contribution in [2.45, 2.75) is 59.3 Å². The molecule has 0 aromatic heterocycles. The summed E-state index contributed by atoms with van der Waals surface area (Å²) in [5, 5.41) is 0. The van der Waals surface area contributed by atoms with Gasteiger partial charge in [-0.05, 0) is 37.7 Å². The van der Waals surface area contributed by atoms with E-state index in [1.165, 1.54) is 38.5 Å².